The lowest BCUT2D eigenvalue weighted by molar-refractivity contribution is -0.117. The van der Waals surface area contributed by atoms with Crippen LogP contribution in [0.15, 0.2) is 5.16 Å². The lowest BCUT2D eigenvalue weighted by atomic mass is 10.3. The van der Waals surface area contributed by atoms with Crippen molar-refractivity contribution in [1.82, 2.24) is 14.3 Å². The Hall–Kier alpha value is -0.740. The first kappa shape index (κ1) is 15.6. The van der Waals surface area contributed by atoms with Gasteiger partial charge in [-0.3, -0.25) is 15.0 Å². The molecule has 1 amide bonds. The van der Waals surface area contributed by atoms with Crippen LogP contribution < -0.4 is 5.32 Å². The third kappa shape index (κ3) is 4.38. The van der Waals surface area contributed by atoms with Gasteiger partial charge in [-0.25, -0.2) is 0 Å². The molecule has 9 heteroatoms. The highest BCUT2D eigenvalue weighted by atomic mass is 32.2. The number of rotatable bonds is 6. The molecule has 1 aliphatic heterocycles. The fourth-order valence-electron chi connectivity index (χ4n) is 1.85. The summed E-state index contributed by atoms with van der Waals surface area (Å²) in [6.45, 7) is 2.83. The Morgan fingerprint density at radius 1 is 1.50 bits per heavy atom. The molecule has 7 nitrogen and oxygen atoms in total. The average molecular weight is 318 g/mol. The van der Waals surface area contributed by atoms with Crippen molar-refractivity contribution in [3.63, 3.8) is 0 Å². The van der Waals surface area contributed by atoms with Gasteiger partial charge in [0, 0.05) is 30.4 Å². The Kier molecular flexibility index (Phi) is 5.73. The van der Waals surface area contributed by atoms with Gasteiger partial charge < -0.3 is 10.2 Å². The molecule has 0 spiro atoms. The third-order valence-corrected chi connectivity index (χ3v) is 4.59. The van der Waals surface area contributed by atoms with E-state index in [-0.39, 0.29) is 12.5 Å². The number of thioether (sulfide) groups is 1. The van der Waals surface area contributed by atoms with Crippen LogP contribution in [0.3, 0.4) is 0 Å². The highest BCUT2D eigenvalue weighted by molar-refractivity contribution is 7.99. The molecule has 2 atom stereocenters. The van der Waals surface area contributed by atoms with Gasteiger partial charge in [0.15, 0.2) is 0 Å². The van der Waals surface area contributed by atoms with Crippen LogP contribution >= 0.6 is 23.3 Å². The lowest BCUT2D eigenvalue weighted by Gasteiger charge is -2.12. The van der Waals surface area contributed by atoms with Crippen molar-refractivity contribution in [3.8, 4) is 0 Å². The molecular weight excluding hydrogens is 300 g/mol. The molecule has 1 aromatic rings. The molecule has 0 aromatic carbocycles. The molecule has 0 bridgehead atoms. The molecule has 0 saturated carbocycles. The van der Waals surface area contributed by atoms with Crippen molar-refractivity contribution in [2.45, 2.75) is 30.7 Å². The van der Waals surface area contributed by atoms with Gasteiger partial charge >= 0.3 is 0 Å². The number of β-amino-alcohol motifs (C(OH)–C–C–N with tert-alkyl or cyclic N) is 2. The predicted octanol–water partition coefficient (Wildman–Crippen LogP) is 0.0161. The van der Waals surface area contributed by atoms with Crippen molar-refractivity contribution < 1.29 is 15.0 Å². The summed E-state index contributed by atoms with van der Waals surface area (Å²) in [7, 11) is 0. The topological polar surface area (TPSA) is 98.6 Å². The molecule has 1 aromatic heterocycles. The van der Waals surface area contributed by atoms with Gasteiger partial charge in [-0.1, -0.05) is 18.7 Å². The Labute approximate surface area is 125 Å². The number of carbonyl (C=O) groups excluding carboxylic acids is 1. The Bertz CT molecular complexity index is 447. The van der Waals surface area contributed by atoms with Crippen molar-refractivity contribution in [3.05, 3.63) is 0 Å². The van der Waals surface area contributed by atoms with Gasteiger partial charge in [-0.15, -0.1) is 0 Å². The van der Waals surface area contributed by atoms with E-state index in [2.05, 4.69) is 21.6 Å². The highest BCUT2D eigenvalue weighted by Crippen LogP contribution is 2.20. The van der Waals surface area contributed by atoms with Crippen LogP contribution in [-0.4, -0.2) is 68.0 Å². The quantitative estimate of drug-likeness (QED) is 0.636. The number of nitrogens with one attached hydrogen (secondary N) is 1. The molecule has 0 radical (unpaired) electrons. The third-order valence-electron chi connectivity index (χ3n) is 2.79. The minimum Gasteiger partial charge on any atom is -0.389 e. The molecule has 0 aliphatic carbocycles. The number of anilines is 1. The van der Waals surface area contributed by atoms with E-state index in [1.54, 1.807) is 16.7 Å². The van der Waals surface area contributed by atoms with Crippen LogP contribution in [0.4, 0.5) is 5.13 Å². The van der Waals surface area contributed by atoms with Crippen LogP contribution in [0.25, 0.3) is 0 Å². The molecule has 1 fully saturated rings. The molecule has 1 saturated heterocycles. The first-order valence-electron chi connectivity index (χ1n) is 6.43. The maximum absolute atomic E-state index is 11.8. The van der Waals surface area contributed by atoms with E-state index >= 15 is 0 Å². The van der Waals surface area contributed by atoms with Gasteiger partial charge in [0.1, 0.15) is 0 Å². The standard InChI is InChI=1S/C11H18N4O3S2/c1-2-3-19-11-13-10(20-14-11)12-9(18)6-15-4-7(16)8(17)5-15/h7-8,16-17H,2-6H2,1H3,(H,12,13,14,18). The van der Waals surface area contributed by atoms with Gasteiger partial charge in [-0.2, -0.15) is 9.36 Å². The summed E-state index contributed by atoms with van der Waals surface area (Å²) in [5.74, 6) is 0.739. The molecule has 112 valence electrons. The average Bonchev–Trinajstić information content (AvgIpc) is 2.94. The summed E-state index contributed by atoms with van der Waals surface area (Å²) in [5, 5.41) is 22.7. The first-order chi connectivity index (χ1) is 9.58. The zero-order chi connectivity index (χ0) is 14.5. The maximum atomic E-state index is 11.8. The van der Waals surface area contributed by atoms with Crippen molar-refractivity contribution in [1.29, 1.82) is 0 Å². The predicted molar refractivity (Wildman–Crippen MR) is 78.0 cm³/mol. The van der Waals surface area contributed by atoms with Crippen molar-refractivity contribution >= 4 is 34.3 Å². The summed E-state index contributed by atoms with van der Waals surface area (Å²) in [5.41, 5.74) is 0. The van der Waals surface area contributed by atoms with E-state index < -0.39 is 12.2 Å². The van der Waals surface area contributed by atoms with Crippen LogP contribution in [0.2, 0.25) is 0 Å². The number of aliphatic hydroxyl groups excluding tert-OH is 2. The Balaban J connectivity index is 1.78. The fourth-order valence-corrected chi connectivity index (χ4v) is 3.27. The number of carbonyl (C=O) groups is 1. The summed E-state index contributed by atoms with van der Waals surface area (Å²) in [6.07, 6.45) is -0.506. The number of aromatic nitrogens is 2. The molecular formula is C11H18N4O3S2. The monoisotopic (exact) mass is 318 g/mol. The maximum Gasteiger partial charge on any atom is 0.240 e. The van der Waals surface area contributed by atoms with E-state index in [1.165, 1.54) is 0 Å². The van der Waals surface area contributed by atoms with Crippen LogP contribution in [0, 0.1) is 0 Å². The molecule has 2 heterocycles. The molecule has 2 unspecified atom stereocenters. The summed E-state index contributed by atoms with van der Waals surface area (Å²) in [4.78, 5) is 17.7. The first-order valence-corrected chi connectivity index (χ1v) is 8.19. The van der Waals surface area contributed by atoms with E-state index in [1.807, 2.05) is 0 Å². The summed E-state index contributed by atoms with van der Waals surface area (Å²) >= 11 is 2.72. The number of nitrogens with zero attached hydrogens (tertiary/aromatic N) is 3. The molecule has 3 N–H and O–H groups in total. The lowest BCUT2D eigenvalue weighted by Crippen LogP contribution is -2.32. The summed E-state index contributed by atoms with van der Waals surface area (Å²) < 4.78 is 4.15. The largest absolute Gasteiger partial charge is 0.389 e. The molecule has 2 rings (SSSR count). The number of hydrogen-bond acceptors (Lipinski definition) is 8. The van der Waals surface area contributed by atoms with Crippen LogP contribution in [0.5, 0.6) is 0 Å². The molecule has 20 heavy (non-hydrogen) atoms. The zero-order valence-electron chi connectivity index (χ0n) is 11.2. The van der Waals surface area contributed by atoms with Gasteiger partial charge in [0.2, 0.25) is 16.2 Å². The van der Waals surface area contributed by atoms with Crippen LogP contribution in [0.1, 0.15) is 13.3 Å². The van der Waals surface area contributed by atoms with Gasteiger partial charge in [-0.05, 0) is 6.42 Å². The number of aliphatic hydroxyl groups is 2. The Morgan fingerprint density at radius 3 is 2.85 bits per heavy atom. The van der Waals surface area contributed by atoms with Gasteiger partial charge in [0.25, 0.3) is 0 Å². The normalized spacial score (nSPS) is 23.1. The number of amides is 1. The smallest absolute Gasteiger partial charge is 0.240 e. The fraction of sp³-hybridized carbons (Fsp3) is 0.727. The second-order valence-electron chi connectivity index (χ2n) is 4.61. The van der Waals surface area contributed by atoms with E-state index in [0.717, 1.165) is 23.7 Å². The second-order valence-corrected chi connectivity index (χ2v) is 6.42. The van der Waals surface area contributed by atoms with Crippen LogP contribution in [-0.2, 0) is 4.79 Å². The minimum absolute atomic E-state index is 0.130. The van der Waals surface area contributed by atoms with E-state index in [4.69, 9.17) is 0 Å². The zero-order valence-corrected chi connectivity index (χ0v) is 12.8. The summed E-state index contributed by atoms with van der Waals surface area (Å²) in [6, 6.07) is 0. The molecule has 1 aliphatic rings. The second kappa shape index (κ2) is 7.32. The van der Waals surface area contributed by atoms with Gasteiger partial charge in [0.05, 0.1) is 18.8 Å². The van der Waals surface area contributed by atoms with E-state index in [9.17, 15) is 15.0 Å². The van der Waals surface area contributed by atoms with Crippen molar-refractivity contribution in [2.24, 2.45) is 0 Å². The SMILES string of the molecule is CCCSc1nsc(NC(=O)CN2CC(O)C(O)C2)n1. The minimum atomic E-state index is -0.777. The number of likely N-dealkylation sites (tertiary alicyclic amines) is 1. The number of hydrogen-bond donors (Lipinski definition) is 3. The highest BCUT2D eigenvalue weighted by Gasteiger charge is 2.30. The Morgan fingerprint density at radius 2 is 2.20 bits per heavy atom. The van der Waals surface area contributed by atoms with E-state index in [0.29, 0.717) is 23.4 Å². The van der Waals surface area contributed by atoms with Crippen molar-refractivity contribution in [2.75, 3.05) is 30.7 Å².